The SMILES string of the molecule is Cc1sc2c(c1C)C(c1ccc(Cl)cc1)=N[C@@H](CC(=O)N1CC(C#CC#CC3CN(C4CN(CCOCCOCCOCCOCCOCCOCCNC(=O)CCNC(=O)c5nc(NC(=O)CCNC(=O)c6cc(NC(=O)c7nc(NC(=O)CCNC(=O)c8cc(NC(=O)c9nccn9C)cn8C)cn7C)cn6C)cn5C)C4)C3)C1)c1nnc(C)n1-2. The molecule has 122 heavy (non-hydrogen) atoms. The number of aliphatic imine (C=N–C) groups is 1. The number of hydrogen-bond donors (Lipinski definition) is 8. The van der Waals surface area contributed by atoms with Gasteiger partial charge in [0, 0.05) is 197 Å². The fraction of sp³-hybridized carbons (Fsp3) is 0.476. The van der Waals surface area contributed by atoms with E-state index in [1.165, 1.54) is 60.1 Å². The van der Waals surface area contributed by atoms with Crippen molar-refractivity contribution in [3.63, 3.8) is 0 Å². The Kier molecular flexibility index (Phi) is 31.6. The molecule has 9 amide bonds. The van der Waals surface area contributed by atoms with Crippen LogP contribution in [-0.4, -0.2) is 283 Å². The molecule has 4 aliphatic heterocycles. The standard InChI is InChI=1S/C82H102ClN23O15S/c1-52-53(2)122-82-71(52)72(57-13-15-58(83)16-14-57)91-62(73-97-96-54(3)106(73)82)41-70(110)105-44-56(45-105)12-10-9-11-55-42-104(43-55)61-48-103(49-61)26-28-117-30-32-119-34-36-121-38-37-120-35-33-118-31-29-116-27-24-84-67(107)17-20-88-79(113)75-94-65(50-101(75)7)92-68(108)18-21-87-78(112)64-40-60(47-100(64)6)90-81(115)76-95-66(51-102(76)8)93-69(109)19-22-86-77(111)63-39-59(46-99(63)5)89-80(114)74-85-23-25-98(74)4/h13-16,23,25,39-40,46-47,50-51,55-56,61-62H,17-22,24,26-38,41-45,48-49H2,1-8H3,(H,84,107)(H,86,111)(H,87,112)(H,88,113)(H,89,114)(H,90,115)(H,92,108)(H,93,109)/t62-/m0/s1. The van der Waals surface area contributed by atoms with Crippen LogP contribution in [0.5, 0.6) is 0 Å². The summed E-state index contributed by atoms with van der Waals surface area (Å²) >= 11 is 7.97. The largest absolute Gasteiger partial charge is 0.378 e. The van der Waals surface area contributed by atoms with Gasteiger partial charge < -0.3 is 98.7 Å². The fourth-order valence-electron chi connectivity index (χ4n) is 13.8. The van der Waals surface area contributed by atoms with Crippen molar-refractivity contribution in [3.05, 3.63) is 141 Å². The van der Waals surface area contributed by atoms with Crippen LogP contribution >= 0.6 is 22.9 Å². The summed E-state index contributed by atoms with van der Waals surface area (Å²) < 4.78 is 43.2. The summed E-state index contributed by atoms with van der Waals surface area (Å²) in [6.45, 7) is 17.5. The van der Waals surface area contributed by atoms with Gasteiger partial charge in [-0.1, -0.05) is 35.6 Å². The Bertz CT molecular complexity index is 5230. The van der Waals surface area contributed by atoms with Crippen LogP contribution < -0.4 is 42.5 Å². The average Bonchev–Trinajstić information content (AvgIpc) is 1.58. The Labute approximate surface area is 713 Å². The molecule has 0 radical (unpaired) electrons. The number of carbonyl (C=O) groups excluding carboxylic acids is 9. The molecule has 648 valence electrons. The fourth-order valence-corrected chi connectivity index (χ4v) is 15.1. The second-order valence-electron chi connectivity index (χ2n) is 29.7. The van der Waals surface area contributed by atoms with Crippen molar-refractivity contribution in [2.24, 2.45) is 52.1 Å². The van der Waals surface area contributed by atoms with E-state index in [-0.39, 0.29) is 122 Å². The number of amides is 9. The maximum absolute atomic E-state index is 13.7. The number of rotatable bonds is 43. The Balaban J connectivity index is 0.410. The van der Waals surface area contributed by atoms with Crippen LogP contribution in [0.4, 0.5) is 23.0 Å². The number of fused-ring (bicyclic) bond motifs is 3. The van der Waals surface area contributed by atoms with Crippen molar-refractivity contribution in [1.29, 1.82) is 0 Å². The lowest BCUT2D eigenvalue weighted by atomic mass is 9.95. The van der Waals surface area contributed by atoms with Gasteiger partial charge in [0.25, 0.3) is 29.5 Å². The number of halogens is 1. The molecule has 40 heteroatoms. The first-order valence-electron chi connectivity index (χ1n) is 40.2. The van der Waals surface area contributed by atoms with Gasteiger partial charge in [0.15, 0.2) is 23.3 Å². The highest BCUT2D eigenvalue weighted by Gasteiger charge is 2.39. The van der Waals surface area contributed by atoms with E-state index in [1.807, 2.05) is 36.1 Å². The number of hydrogen-bond acceptors (Lipinski definition) is 24. The number of anilines is 4. The van der Waals surface area contributed by atoms with Gasteiger partial charge >= 0.3 is 0 Å². The lowest BCUT2D eigenvalue weighted by molar-refractivity contribution is -0.136. The predicted molar refractivity (Wildman–Crippen MR) is 451 cm³/mol. The number of nitrogens with zero attached hydrogens (tertiary/aromatic N) is 15. The molecule has 8 aromatic rings. The number of likely N-dealkylation sites (tertiary alicyclic amines) is 3. The quantitative estimate of drug-likeness (QED) is 0.0201. The zero-order valence-electron chi connectivity index (χ0n) is 69.4. The predicted octanol–water partition coefficient (Wildman–Crippen LogP) is 3.21. The van der Waals surface area contributed by atoms with Crippen LogP contribution in [0.15, 0.2) is 78.6 Å². The summed E-state index contributed by atoms with van der Waals surface area (Å²) in [6.07, 6.45) is 9.02. The van der Waals surface area contributed by atoms with E-state index >= 15 is 0 Å². The average molecular weight is 1720 g/mol. The number of ether oxygens (including phenoxy) is 6. The highest BCUT2D eigenvalue weighted by Crippen LogP contribution is 2.40. The number of benzene rings is 1. The number of imidazole rings is 3. The molecule has 11 heterocycles. The minimum Gasteiger partial charge on any atom is -0.378 e. The second-order valence-corrected chi connectivity index (χ2v) is 31.3. The summed E-state index contributed by atoms with van der Waals surface area (Å²) in [5, 5.41) is 32.0. The van der Waals surface area contributed by atoms with Crippen LogP contribution in [0.2, 0.25) is 5.02 Å². The molecule has 0 bridgehead atoms. The Morgan fingerprint density at radius 3 is 1.57 bits per heavy atom. The molecule has 0 unspecified atom stereocenters. The van der Waals surface area contributed by atoms with Crippen LogP contribution in [0.25, 0.3) is 5.00 Å². The van der Waals surface area contributed by atoms with Gasteiger partial charge in [0.1, 0.15) is 28.3 Å². The van der Waals surface area contributed by atoms with Gasteiger partial charge in [-0.3, -0.25) is 62.5 Å². The van der Waals surface area contributed by atoms with Crippen molar-refractivity contribution >= 4 is 105 Å². The van der Waals surface area contributed by atoms with Crippen LogP contribution in [0, 0.1) is 56.3 Å². The number of aryl methyl sites for hydroxylation is 7. The molecule has 1 atom stereocenters. The van der Waals surface area contributed by atoms with Gasteiger partial charge in [-0.2, -0.15) is 0 Å². The maximum atomic E-state index is 13.7. The summed E-state index contributed by atoms with van der Waals surface area (Å²) in [6, 6.07) is 10.7. The topological polar surface area (TPSA) is 421 Å². The van der Waals surface area contributed by atoms with E-state index in [1.54, 1.807) is 63.5 Å². The monoisotopic (exact) mass is 1720 g/mol. The first kappa shape index (κ1) is 89.5. The molecule has 3 fully saturated rings. The molecule has 8 N–H and O–H groups in total. The molecule has 4 aliphatic rings. The van der Waals surface area contributed by atoms with Gasteiger partial charge in [-0.25, -0.2) is 15.0 Å². The first-order chi connectivity index (χ1) is 58.9. The summed E-state index contributed by atoms with van der Waals surface area (Å²) in [5.74, 6) is 11.0. The Hall–Kier alpha value is -11.8. The van der Waals surface area contributed by atoms with Crippen LogP contribution in [-0.2, 0) is 82.8 Å². The molecule has 1 aromatic carbocycles. The van der Waals surface area contributed by atoms with E-state index in [0.29, 0.717) is 114 Å². The van der Waals surface area contributed by atoms with Crippen molar-refractivity contribution < 1.29 is 71.6 Å². The van der Waals surface area contributed by atoms with Crippen molar-refractivity contribution in [2.45, 2.75) is 58.5 Å². The highest BCUT2D eigenvalue weighted by atomic mass is 35.5. The van der Waals surface area contributed by atoms with Crippen LogP contribution in [0.3, 0.4) is 0 Å². The molecule has 3 saturated heterocycles. The zero-order chi connectivity index (χ0) is 86.3. The lowest BCUT2D eigenvalue weighted by Gasteiger charge is -2.51. The summed E-state index contributed by atoms with van der Waals surface area (Å²) in [5.41, 5.74) is 5.00. The lowest BCUT2D eigenvalue weighted by Crippen LogP contribution is -2.65. The molecule has 0 saturated carbocycles. The van der Waals surface area contributed by atoms with Crippen molar-refractivity contribution in [2.75, 3.05) is 173 Å². The van der Waals surface area contributed by atoms with Gasteiger partial charge in [0.05, 0.1) is 109 Å². The molecule has 7 aromatic heterocycles. The first-order valence-corrected chi connectivity index (χ1v) is 41.4. The van der Waals surface area contributed by atoms with Crippen LogP contribution in [0.1, 0.15) is 118 Å². The molecular weight excluding hydrogens is 1610 g/mol. The third-order valence-electron chi connectivity index (χ3n) is 20.5. The maximum Gasteiger partial charge on any atom is 0.291 e. The number of thiophene rings is 1. The third-order valence-corrected chi connectivity index (χ3v) is 22.0. The minimum atomic E-state index is -0.638. The van der Waals surface area contributed by atoms with E-state index in [0.717, 1.165) is 66.0 Å². The molecule has 0 aliphatic carbocycles. The normalized spacial score (nSPS) is 14.6. The van der Waals surface area contributed by atoms with E-state index in [9.17, 15) is 43.2 Å². The molecule has 38 nitrogen and oxygen atoms in total. The van der Waals surface area contributed by atoms with E-state index in [2.05, 4.69) is 120 Å². The summed E-state index contributed by atoms with van der Waals surface area (Å²) in [4.78, 5) is 142. The zero-order valence-corrected chi connectivity index (χ0v) is 71.0. The smallest absolute Gasteiger partial charge is 0.291 e. The van der Waals surface area contributed by atoms with Crippen molar-refractivity contribution in [1.82, 2.24) is 88.5 Å². The molecular formula is C82H102ClN23O15S. The Morgan fingerprint density at radius 1 is 0.525 bits per heavy atom. The Morgan fingerprint density at radius 2 is 1.02 bits per heavy atom. The number of nitrogens with one attached hydrogen (secondary N) is 8. The third kappa shape index (κ3) is 24.3. The van der Waals surface area contributed by atoms with Gasteiger partial charge in [-0.15, -0.1) is 21.5 Å². The molecule has 0 spiro atoms. The highest BCUT2D eigenvalue weighted by molar-refractivity contribution is 7.15. The number of carbonyl (C=O) groups is 9. The van der Waals surface area contributed by atoms with E-state index in [4.69, 9.17) is 45.0 Å². The number of aromatic nitrogens is 11. The van der Waals surface area contributed by atoms with E-state index < -0.39 is 47.4 Å². The summed E-state index contributed by atoms with van der Waals surface area (Å²) in [7, 11) is 8.05. The molecule has 12 rings (SSSR count). The van der Waals surface area contributed by atoms with Gasteiger partial charge in [-0.05, 0) is 62.4 Å². The van der Waals surface area contributed by atoms with Crippen molar-refractivity contribution in [3.8, 4) is 28.7 Å². The minimum absolute atomic E-state index is 0.0000203. The van der Waals surface area contributed by atoms with Gasteiger partial charge in [0.2, 0.25) is 35.3 Å². The second kappa shape index (κ2) is 43.1.